The van der Waals surface area contributed by atoms with Gasteiger partial charge in [-0.05, 0) is 30.3 Å². The van der Waals surface area contributed by atoms with Gasteiger partial charge in [0.1, 0.15) is 11.5 Å². The highest BCUT2D eigenvalue weighted by Gasteiger charge is 2.17. The van der Waals surface area contributed by atoms with Gasteiger partial charge in [0.25, 0.3) is 5.91 Å². The van der Waals surface area contributed by atoms with Crippen molar-refractivity contribution in [2.24, 2.45) is 5.92 Å². The van der Waals surface area contributed by atoms with Crippen molar-refractivity contribution in [1.82, 2.24) is 15.3 Å². The number of aromatic nitrogens is 2. The molecule has 1 aromatic rings. The summed E-state index contributed by atoms with van der Waals surface area (Å²) in [6.07, 6.45) is 5.35. The molecule has 0 aromatic carbocycles. The van der Waals surface area contributed by atoms with Gasteiger partial charge in [-0.1, -0.05) is 6.92 Å². The normalized spacial score (nSPS) is 18.3. The molecule has 1 fully saturated rings. The number of nitrogens with one attached hydrogen (secondary N) is 2. The topological polar surface area (TPSA) is 66.9 Å². The van der Waals surface area contributed by atoms with Crippen LogP contribution in [0.15, 0.2) is 12.4 Å². The fourth-order valence-electron chi connectivity index (χ4n) is 1.89. The average molecular weight is 280 g/mol. The fraction of sp³-hybridized carbons (Fsp3) is 0.615. The van der Waals surface area contributed by atoms with Crippen molar-refractivity contribution in [1.29, 1.82) is 0 Å². The smallest absolute Gasteiger partial charge is 0.271 e. The Morgan fingerprint density at radius 2 is 2.42 bits per heavy atom. The Bertz CT molecular complexity index is 421. The number of rotatable bonds is 6. The summed E-state index contributed by atoms with van der Waals surface area (Å²) >= 11 is 1.95. The van der Waals surface area contributed by atoms with Crippen molar-refractivity contribution in [2.75, 3.05) is 29.9 Å². The maximum Gasteiger partial charge on any atom is 0.271 e. The Kier molecular flexibility index (Phi) is 5.44. The van der Waals surface area contributed by atoms with Crippen molar-refractivity contribution >= 4 is 23.5 Å². The van der Waals surface area contributed by atoms with E-state index < -0.39 is 0 Å². The van der Waals surface area contributed by atoms with Crippen LogP contribution in [0.3, 0.4) is 0 Å². The highest BCUT2D eigenvalue weighted by molar-refractivity contribution is 7.99. The van der Waals surface area contributed by atoms with Crippen LogP contribution in [0.1, 0.15) is 30.3 Å². The maximum atomic E-state index is 12.0. The molecule has 1 unspecified atom stereocenters. The van der Waals surface area contributed by atoms with Crippen LogP contribution in [0.4, 0.5) is 5.82 Å². The number of anilines is 1. The molecule has 5 nitrogen and oxygen atoms in total. The molecule has 0 aliphatic carbocycles. The third-order valence-corrected chi connectivity index (χ3v) is 4.23. The van der Waals surface area contributed by atoms with Crippen LogP contribution in [-0.4, -0.2) is 40.5 Å². The molecule has 0 saturated carbocycles. The van der Waals surface area contributed by atoms with Crippen LogP contribution >= 0.6 is 11.8 Å². The van der Waals surface area contributed by atoms with E-state index in [1.54, 1.807) is 6.20 Å². The zero-order valence-corrected chi connectivity index (χ0v) is 12.0. The van der Waals surface area contributed by atoms with Gasteiger partial charge in [0.15, 0.2) is 0 Å². The molecule has 2 rings (SSSR count). The minimum atomic E-state index is -0.135. The van der Waals surface area contributed by atoms with Gasteiger partial charge in [-0.2, -0.15) is 11.8 Å². The zero-order valence-electron chi connectivity index (χ0n) is 11.2. The first-order valence-electron chi connectivity index (χ1n) is 6.71. The average Bonchev–Trinajstić information content (AvgIpc) is 2.96. The van der Waals surface area contributed by atoms with Crippen LogP contribution in [-0.2, 0) is 0 Å². The summed E-state index contributed by atoms with van der Waals surface area (Å²) in [5.41, 5.74) is 0.381. The van der Waals surface area contributed by atoms with Gasteiger partial charge in [0.2, 0.25) is 0 Å². The molecule has 1 aromatic heterocycles. The molecule has 2 heterocycles. The molecule has 1 aliphatic rings. The van der Waals surface area contributed by atoms with Gasteiger partial charge >= 0.3 is 0 Å². The Hall–Kier alpha value is -1.30. The second-order valence-electron chi connectivity index (χ2n) is 4.66. The lowest BCUT2D eigenvalue weighted by Crippen LogP contribution is -2.30. The van der Waals surface area contributed by atoms with Crippen LogP contribution in [0.5, 0.6) is 0 Å². The molecule has 104 valence electrons. The molecule has 0 radical (unpaired) electrons. The quantitative estimate of drug-likeness (QED) is 0.831. The SMILES string of the molecule is CCCNc1cncc(C(=O)NCC2CCSC2)n1. The van der Waals surface area contributed by atoms with Crippen molar-refractivity contribution in [3.05, 3.63) is 18.1 Å². The molecule has 0 spiro atoms. The predicted octanol–water partition coefficient (Wildman–Crippen LogP) is 1.78. The number of carbonyl (C=O) groups is 1. The Labute approximate surface area is 118 Å². The minimum Gasteiger partial charge on any atom is -0.369 e. The van der Waals surface area contributed by atoms with E-state index >= 15 is 0 Å². The molecule has 1 atom stereocenters. The zero-order chi connectivity index (χ0) is 13.5. The predicted molar refractivity (Wildman–Crippen MR) is 78.6 cm³/mol. The van der Waals surface area contributed by atoms with Gasteiger partial charge in [-0.25, -0.2) is 4.98 Å². The number of nitrogens with zero attached hydrogens (tertiary/aromatic N) is 2. The molecule has 2 N–H and O–H groups in total. The van der Waals surface area contributed by atoms with E-state index in [4.69, 9.17) is 0 Å². The van der Waals surface area contributed by atoms with E-state index in [-0.39, 0.29) is 5.91 Å². The second-order valence-corrected chi connectivity index (χ2v) is 5.81. The standard InChI is InChI=1S/C13H20N4OS/c1-2-4-15-12-8-14-7-11(17-12)13(18)16-6-10-3-5-19-9-10/h7-8,10H,2-6,9H2,1H3,(H,15,17)(H,16,18). The lowest BCUT2D eigenvalue weighted by molar-refractivity contribution is 0.0943. The van der Waals surface area contributed by atoms with Gasteiger partial charge in [0.05, 0.1) is 12.4 Å². The van der Waals surface area contributed by atoms with Crippen LogP contribution in [0.2, 0.25) is 0 Å². The molecule has 6 heteroatoms. The number of hydrogen-bond acceptors (Lipinski definition) is 5. The first-order chi connectivity index (χ1) is 9.29. The molecule has 19 heavy (non-hydrogen) atoms. The first kappa shape index (κ1) is 14.1. The fourth-order valence-corrected chi connectivity index (χ4v) is 3.17. The summed E-state index contributed by atoms with van der Waals surface area (Å²) in [6.45, 7) is 3.65. The Balaban J connectivity index is 1.86. The van der Waals surface area contributed by atoms with Crippen molar-refractivity contribution in [2.45, 2.75) is 19.8 Å². The Morgan fingerprint density at radius 3 is 3.16 bits per heavy atom. The van der Waals surface area contributed by atoms with Gasteiger partial charge in [0, 0.05) is 13.1 Å². The summed E-state index contributed by atoms with van der Waals surface area (Å²) < 4.78 is 0. The summed E-state index contributed by atoms with van der Waals surface area (Å²) in [4.78, 5) is 20.3. The lowest BCUT2D eigenvalue weighted by Gasteiger charge is -2.10. The summed E-state index contributed by atoms with van der Waals surface area (Å²) in [5, 5.41) is 6.07. The van der Waals surface area contributed by atoms with Crippen LogP contribution in [0, 0.1) is 5.92 Å². The summed E-state index contributed by atoms with van der Waals surface area (Å²) in [5.74, 6) is 3.47. The number of hydrogen-bond donors (Lipinski definition) is 2. The molecule has 1 amide bonds. The Morgan fingerprint density at radius 1 is 1.53 bits per heavy atom. The highest BCUT2D eigenvalue weighted by atomic mass is 32.2. The van der Waals surface area contributed by atoms with E-state index in [1.165, 1.54) is 18.4 Å². The van der Waals surface area contributed by atoms with Crippen molar-refractivity contribution in [3.8, 4) is 0 Å². The molecular weight excluding hydrogens is 260 g/mol. The largest absolute Gasteiger partial charge is 0.369 e. The van der Waals surface area contributed by atoms with E-state index in [1.807, 2.05) is 11.8 Å². The minimum absolute atomic E-state index is 0.135. The monoisotopic (exact) mass is 280 g/mol. The van der Waals surface area contributed by atoms with Crippen molar-refractivity contribution < 1.29 is 4.79 Å². The van der Waals surface area contributed by atoms with E-state index in [2.05, 4.69) is 27.5 Å². The second kappa shape index (κ2) is 7.33. The first-order valence-corrected chi connectivity index (χ1v) is 7.87. The summed E-state index contributed by atoms with van der Waals surface area (Å²) in [7, 11) is 0. The van der Waals surface area contributed by atoms with E-state index in [0.29, 0.717) is 17.4 Å². The molecular formula is C13H20N4OS. The van der Waals surface area contributed by atoms with E-state index in [0.717, 1.165) is 25.3 Å². The van der Waals surface area contributed by atoms with Gasteiger partial charge in [-0.3, -0.25) is 9.78 Å². The van der Waals surface area contributed by atoms with Gasteiger partial charge < -0.3 is 10.6 Å². The number of carbonyl (C=O) groups excluding carboxylic acids is 1. The van der Waals surface area contributed by atoms with E-state index in [9.17, 15) is 4.79 Å². The maximum absolute atomic E-state index is 12.0. The third-order valence-electron chi connectivity index (χ3n) is 3.00. The molecule has 1 aliphatic heterocycles. The highest BCUT2D eigenvalue weighted by Crippen LogP contribution is 2.22. The van der Waals surface area contributed by atoms with Crippen molar-refractivity contribution in [3.63, 3.8) is 0 Å². The molecule has 0 bridgehead atoms. The van der Waals surface area contributed by atoms with Crippen LogP contribution in [0.25, 0.3) is 0 Å². The third kappa shape index (κ3) is 4.38. The number of amides is 1. The lowest BCUT2D eigenvalue weighted by atomic mass is 10.1. The van der Waals surface area contributed by atoms with Crippen LogP contribution < -0.4 is 10.6 Å². The van der Waals surface area contributed by atoms with Gasteiger partial charge in [-0.15, -0.1) is 0 Å². The number of thioether (sulfide) groups is 1. The molecule has 1 saturated heterocycles. The summed E-state index contributed by atoms with van der Waals surface area (Å²) in [6, 6.07) is 0.